The van der Waals surface area contributed by atoms with Crippen LogP contribution in [0, 0.1) is 5.92 Å². The Bertz CT molecular complexity index is 274. The third kappa shape index (κ3) is 2.92. The number of rotatable bonds is 4. The van der Waals surface area contributed by atoms with Crippen molar-refractivity contribution in [3.05, 3.63) is 0 Å². The number of urea groups is 1. The molecule has 0 spiro atoms. The highest BCUT2D eigenvalue weighted by Crippen LogP contribution is 2.21. The van der Waals surface area contributed by atoms with Gasteiger partial charge in [-0.15, -0.1) is 0 Å². The van der Waals surface area contributed by atoms with E-state index in [1.54, 1.807) is 0 Å². The molecule has 0 bridgehead atoms. The summed E-state index contributed by atoms with van der Waals surface area (Å²) in [7, 11) is 1.94. The van der Waals surface area contributed by atoms with Gasteiger partial charge >= 0.3 is 6.03 Å². The fourth-order valence-electron chi connectivity index (χ4n) is 2.94. The third-order valence-electron chi connectivity index (χ3n) is 3.90. The molecule has 0 saturated carbocycles. The Balaban J connectivity index is 1.88. The van der Waals surface area contributed by atoms with Crippen LogP contribution in [0.5, 0.6) is 0 Å². The van der Waals surface area contributed by atoms with Gasteiger partial charge in [-0.2, -0.15) is 0 Å². The average molecular weight is 239 g/mol. The Kier molecular flexibility index (Phi) is 3.92. The van der Waals surface area contributed by atoms with Crippen LogP contribution < -0.4 is 5.32 Å². The number of carbonyl (C=O) groups is 1. The molecule has 2 rings (SSSR count). The minimum atomic E-state index is 0.212. The zero-order valence-corrected chi connectivity index (χ0v) is 11.3. The smallest absolute Gasteiger partial charge is 0.320 e. The second-order valence-electron chi connectivity index (χ2n) is 5.88. The van der Waals surface area contributed by atoms with Crippen molar-refractivity contribution >= 4 is 6.03 Å². The molecular weight excluding hydrogens is 214 g/mol. The minimum absolute atomic E-state index is 0.212. The van der Waals surface area contributed by atoms with Gasteiger partial charge < -0.3 is 15.1 Å². The second kappa shape index (κ2) is 5.25. The zero-order chi connectivity index (χ0) is 12.4. The molecule has 0 aromatic rings. The maximum atomic E-state index is 12.1. The summed E-state index contributed by atoms with van der Waals surface area (Å²) in [5, 5.41) is 3.46. The van der Waals surface area contributed by atoms with Crippen molar-refractivity contribution in [1.29, 1.82) is 0 Å². The number of hydrogen-bond acceptors (Lipinski definition) is 2. The molecular formula is C13H25N3O. The van der Waals surface area contributed by atoms with Crippen LogP contribution in [0.1, 0.15) is 33.1 Å². The van der Waals surface area contributed by atoms with Gasteiger partial charge in [0, 0.05) is 26.2 Å². The number of nitrogens with zero attached hydrogens (tertiary/aromatic N) is 2. The molecule has 0 aromatic heterocycles. The van der Waals surface area contributed by atoms with E-state index >= 15 is 0 Å². The number of amides is 2. The first-order valence-corrected chi connectivity index (χ1v) is 6.83. The highest BCUT2D eigenvalue weighted by molar-refractivity contribution is 5.76. The minimum Gasteiger partial charge on any atom is -0.323 e. The molecule has 98 valence electrons. The van der Waals surface area contributed by atoms with Crippen molar-refractivity contribution in [2.24, 2.45) is 5.92 Å². The SMILES string of the molecule is CC(C)CC1CN(CC2CCCN2)C(=O)N1C. The molecule has 2 aliphatic heterocycles. The second-order valence-corrected chi connectivity index (χ2v) is 5.88. The predicted octanol–water partition coefficient (Wildman–Crippen LogP) is 1.52. The van der Waals surface area contributed by atoms with Crippen molar-refractivity contribution in [3.63, 3.8) is 0 Å². The van der Waals surface area contributed by atoms with E-state index in [4.69, 9.17) is 0 Å². The van der Waals surface area contributed by atoms with Crippen molar-refractivity contribution in [1.82, 2.24) is 15.1 Å². The Morgan fingerprint density at radius 2 is 2.24 bits per heavy atom. The van der Waals surface area contributed by atoms with Gasteiger partial charge in [0.25, 0.3) is 0 Å². The number of hydrogen-bond donors (Lipinski definition) is 1. The summed E-state index contributed by atoms with van der Waals surface area (Å²) in [5.41, 5.74) is 0. The van der Waals surface area contributed by atoms with Gasteiger partial charge in [0.15, 0.2) is 0 Å². The van der Waals surface area contributed by atoms with E-state index in [-0.39, 0.29) is 6.03 Å². The van der Waals surface area contributed by atoms with Crippen LogP contribution in [0.15, 0.2) is 0 Å². The van der Waals surface area contributed by atoms with Gasteiger partial charge in [-0.05, 0) is 31.7 Å². The van der Waals surface area contributed by atoms with Crippen LogP contribution in [0.25, 0.3) is 0 Å². The molecule has 4 heteroatoms. The molecule has 0 aromatic carbocycles. The summed E-state index contributed by atoms with van der Waals surface area (Å²) in [6, 6.07) is 1.14. The molecule has 2 amide bonds. The van der Waals surface area contributed by atoms with E-state index < -0.39 is 0 Å². The van der Waals surface area contributed by atoms with Gasteiger partial charge in [-0.3, -0.25) is 0 Å². The first-order chi connectivity index (χ1) is 8.08. The highest BCUT2D eigenvalue weighted by Gasteiger charge is 2.35. The number of carbonyl (C=O) groups excluding carboxylic acids is 1. The molecule has 17 heavy (non-hydrogen) atoms. The Labute approximate surface area is 104 Å². The largest absolute Gasteiger partial charge is 0.323 e. The van der Waals surface area contributed by atoms with Crippen LogP contribution in [-0.4, -0.2) is 54.6 Å². The zero-order valence-electron chi connectivity index (χ0n) is 11.3. The number of nitrogens with one attached hydrogen (secondary N) is 1. The highest BCUT2D eigenvalue weighted by atomic mass is 16.2. The van der Waals surface area contributed by atoms with Crippen LogP contribution in [-0.2, 0) is 0 Å². The van der Waals surface area contributed by atoms with E-state index in [1.807, 2.05) is 16.8 Å². The maximum absolute atomic E-state index is 12.1. The first-order valence-electron chi connectivity index (χ1n) is 6.83. The summed E-state index contributed by atoms with van der Waals surface area (Å²) in [4.78, 5) is 16.1. The lowest BCUT2D eigenvalue weighted by Crippen LogP contribution is -2.39. The van der Waals surface area contributed by atoms with E-state index in [9.17, 15) is 4.79 Å². The Morgan fingerprint density at radius 1 is 1.47 bits per heavy atom. The Morgan fingerprint density at radius 3 is 2.82 bits per heavy atom. The molecule has 2 unspecified atom stereocenters. The maximum Gasteiger partial charge on any atom is 0.320 e. The van der Waals surface area contributed by atoms with E-state index in [0.717, 1.165) is 26.1 Å². The topological polar surface area (TPSA) is 35.6 Å². The lowest BCUT2D eigenvalue weighted by atomic mass is 10.0. The average Bonchev–Trinajstić information content (AvgIpc) is 2.84. The monoisotopic (exact) mass is 239 g/mol. The molecule has 0 aliphatic carbocycles. The lowest BCUT2D eigenvalue weighted by Gasteiger charge is -2.20. The quantitative estimate of drug-likeness (QED) is 0.807. The summed E-state index contributed by atoms with van der Waals surface area (Å²) in [5.74, 6) is 0.653. The molecule has 2 fully saturated rings. The van der Waals surface area contributed by atoms with Crippen molar-refractivity contribution in [2.45, 2.75) is 45.2 Å². The summed E-state index contributed by atoms with van der Waals surface area (Å²) in [6.07, 6.45) is 3.57. The van der Waals surface area contributed by atoms with Gasteiger partial charge in [0.05, 0.1) is 6.04 Å². The standard InChI is InChI=1S/C13H25N3O/c1-10(2)7-12-9-16(13(17)15(12)3)8-11-5-4-6-14-11/h10-12,14H,4-9H2,1-3H3. The van der Waals surface area contributed by atoms with Crippen molar-refractivity contribution < 1.29 is 4.79 Å². The van der Waals surface area contributed by atoms with Gasteiger partial charge in [0.1, 0.15) is 0 Å². The van der Waals surface area contributed by atoms with Crippen LogP contribution >= 0.6 is 0 Å². The first kappa shape index (κ1) is 12.7. The molecule has 2 atom stereocenters. The van der Waals surface area contributed by atoms with Crippen LogP contribution in [0.3, 0.4) is 0 Å². The van der Waals surface area contributed by atoms with Crippen molar-refractivity contribution in [2.75, 3.05) is 26.7 Å². The van der Waals surface area contributed by atoms with E-state index in [2.05, 4.69) is 19.2 Å². The fraction of sp³-hybridized carbons (Fsp3) is 0.923. The molecule has 0 radical (unpaired) electrons. The molecule has 2 aliphatic rings. The van der Waals surface area contributed by atoms with Crippen LogP contribution in [0.4, 0.5) is 4.79 Å². The molecule has 2 heterocycles. The normalized spacial score (nSPS) is 29.8. The van der Waals surface area contributed by atoms with Crippen molar-refractivity contribution in [3.8, 4) is 0 Å². The lowest BCUT2D eigenvalue weighted by molar-refractivity contribution is 0.191. The van der Waals surface area contributed by atoms with Crippen LogP contribution in [0.2, 0.25) is 0 Å². The number of likely N-dealkylation sites (N-methyl/N-ethyl adjacent to an activating group) is 1. The third-order valence-corrected chi connectivity index (χ3v) is 3.90. The Hall–Kier alpha value is -0.770. The molecule has 4 nitrogen and oxygen atoms in total. The summed E-state index contributed by atoms with van der Waals surface area (Å²) in [6.45, 7) is 7.35. The molecule has 1 N–H and O–H groups in total. The summed E-state index contributed by atoms with van der Waals surface area (Å²) < 4.78 is 0. The van der Waals surface area contributed by atoms with E-state index in [1.165, 1.54) is 12.8 Å². The predicted molar refractivity (Wildman–Crippen MR) is 69.0 cm³/mol. The van der Waals surface area contributed by atoms with Gasteiger partial charge in [-0.25, -0.2) is 4.79 Å². The summed E-state index contributed by atoms with van der Waals surface area (Å²) >= 11 is 0. The fourth-order valence-corrected chi connectivity index (χ4v) is 2.94. The van der Waals surface area contributed by atoms with Gasteiger partial charge in [-0.1, -0.05) is 13.8 Å². The van der Waals surface area contributed by atoms with E-state index in [0.29, 0.717) is 18.0 Å². The molecule has 2 saturated heterocycles. The van der Waals surface area contributed by atoms with Gasteiger partial charge in [0.2, 0.25) is 0 Å².